The maximum absolute atomic E-state index is 11.9. The van der Waals surface area contributed by atoms with E-state index < -0.39 is 6.04 Å². The molecule has 2 rings (SSSR count). The highest BCUT2D eigenvalue weighted by molar-refractivity contribution is 9.10. The fourth-order valence-electron chi connectivity index (χ4n) is 1.54. The van der Waals surface area contributed by atoms with Crippen molar-refractivity contribution in [2.24, 2.45) is 0 Å². The first-order valence-electron chi connectivity index (χ1n) is 5.40. The summed E-state index contributed by atoms with van der Waals surface area (Å²) < 4.78 is 6.26. The van der Waals surface area contributed by atoms with Crippen LogP contribution in [0.3, 0.4) is 0 Å². The maximum atomic E-state index is 11.9. The lowest BCUT2D eigenvalue weighted by atomic mass is 10.2. The molecule has 0 saturated carbocycles. The van der Waals surface area contributed by atoms with Crippen molar-refractivity contribution in [2.45, 2.75) is 12.6 Å². The van der Waals surface area contributed by atoms with Crippen molar-refractivity contribution in [1.82, 2.24) is 5.32 Å². The Morgan fingerprint density at radius 3 is 2.95 bits per heavy atom. The van der Waals surface area contributed by atoms with Gasteiger partial charge in [-0.3, -0.25) is 5.32 Å². The molecule has 2 heterocycles. The standard InChI is InChI=1S/C12H11BrClNO2S2/c1-17-12(16)10(9-5-8(13)11(14)19-9)15-6-7-3-2-4-18-7/h2-5,10,15H,6H2,1H3. The molecular formula is C12H11BrClNO2S2. The first-order valence-corrected chi connectivity index (χ1v) is 8.27. The van der Waals surface area contributed by atoms with E-state index in [9.17, 15) is 4.79 Å². The van der Waals surface area contributed by atoms with Gasteiger partial charge >= 0.3 is 5.97 Å². The number of thiophene rings is 2. The second kappa shape index (κ2) is 6.85. The topological polar surface area (TPSA) is 38.3 Å². The average molecular weight is 381 g/mol. The number of carbonyl (C=O) groups is 1. The molecule has 0 aliphatic carbocycles. The molecule has 2 aromatic rings. The fourth-order valence-corrected chi connectivity index (χ4v) is 4.00. The summed E-state index contributed by atoms with van der Waals surface area (Å²) in [6.07, 6.45) is 0. The molecule has 0 amide bonds. The van der Waals surface area contributed by atoms with E-state index in [1.165, 1.54) is 18.4 Å². The molecule has 0 fully saturated rings. The lowest BCUT2D eigenvalue weighted by Crippen LogP contribution is -2.28. The number of halogens is 2. The van der Waals surface area contributed by atoms with Gasteiger partial charge in [0.05, 0.1) is 7.11 Å². The minimum Gasteiger partial charge on any atom is -0.468 e. The van der Waals surface area contributed by atoms with E-state index in [0.29, 0.717) is 10.9 Å². The zero-order valence-electron chi connectivity index (χ0n) is 9.98. The van der Waals surface area contributed by atoms with Crippen molar-refractivity contribution in [3.63, 3.8) is 0 Å². The largest absolute Gasteiger partial charge is 0.468 e. The van der Waals surface area contributed by atoms with Gasteiger partial charge in [0.15, 0.2) is 0 Å². The summed E-state index contributed by atoms with van der Waals surface area (Å²) >= 11 is 12.4. The van der Waals surface area contributed by atoms with E-state index in [2.05, 4.69) is 21.2 Å². The Morgan fingerprint density at radius 1 is 1.63 bits per heavy atom. The molecule has 1 N–H and O–H groups in total. The van der Waals surface area contributed by atoms with E-state index in [0.717, 1.165) is 14.2 Å². The molecule has 2 aromatic heterocycles. The average Bonchev–Trinajstić information content (AvgIpc) is 3.01. The molecular weight excluding hydrogens is 370 g/mol. The number of ether oxygens (including phenoxy) is 1. The van der Waals surface area contributed by atoms with E-state index in [1.807, 2.05) is 23.6 Å². The quantitative estimate of drug-likeness (QED) is 0.789. The Hall–Kier alpha value is -0.400. The van der Waals surface area contributed by atoms with E-state index in [-0.39, 0.29) is 5.97 Å². The highest BCUT2D eigenvalue weighted by Crippen LogP contribution is 2.35. The van der Waals surface area contributed by atoms with Gasteiger partial charge in [-0.25, -0.2) is 4.79 Å². The van der Waals surface area contributed by atoms with Crippen LogP contribution in [0.25, 0.3) is 0 Å². The number of esters is 1. The molecule has 102 valence electrons. The lowest BCUT2D eigenvalue weighted by Gasteiger charge is -2.14. The summed E-state index contributed by atoms with van der Waals surface area (Å²) in [5.41, 5.74) is 0. The normalized spacial score (nSPS) is 12.4. The molecule has 0 aliphatic rings. The molecule has 1 unspecified atom stereocenters. The van der Waals surface area contributed by atoms with Gasteiger partial charge in [0.2, 0.25) is 0 Å². The Balaban J connectivity index is 2.14. The summed E-state index contributed by atoms with van der Waals surface area (Å²) in [5, 5.41) is 5.20. The first kappa shape index (κ1) is 15.0. The zero-order valence-corrected chi connectivity index (χ0v) is 14.0. The SMILES string of the molecule is COC(=O)C(NCc1cccs1)c1cc(Br)c(Cl)s1. The van der Waals surface area contributed by atoms with Gasteiger partial charge in [0.1, 0.15) is 10.4 Å². The van der Waals surface area contributed by atoms with Crippen LogP contribution in [0.4, 0.5) is 0 Å². The van der Waals surface area contributed by atoms with Crippen LogP contribution in [0, 0.1) is 0 Å². The molecule has 0 bridgehead atoms. The Kier molecular flexibility index (Phi) is 5.41. The maximum Gasteiger partial charge on any atom is 0.328 e. The summed E-state index contributed by atoms with van der Waals surface area (Å²) in [6, 6.07) is 5.34. The van der Waals surface area contributed by atoms with Crippen LogP contribution in [0.5, 0.6) is 0 Å². The third-order valence-electron chi connectivity index (χ3n) is 2.45. The molecule has 3 nitrogen and oxygen atoms in total. The van der Waals surface area contributed by atoms with Crippen LogP contribution in [0.15, 0.2) is 28.1 Å². The minimum absolute atomic E-state index is 0.318. The van der Waals surface area contributed by atoms with Gasteiger partial charge in [0.25, 0.3) is 0 Å². The number of methoxy groups -OCH3 is 1. The third kappa shape index (κ3) is 3.79. The van der Waals surface area contributed by atoms with Crippen molar-refractivity contribution in [3.8, 4) is 0 Å². The lowest BCUT2D eigenvalue weighted by molar-refractivity contribution is -0.143. The molecule has 0 radical (unpaired) electrons. The van der Waals surface area contributed by atoms with Crippen molar-refractivity contribution in [3.05, 3.63) is 42.1 Å². The predicted octanol–water partition coefficient (Wildman–Crippen LogP) is 4.23. The van der Waals surface area contributed by atoms with Crippen molar-refractivity contribution in [1.29, 1.82) is 0 Å². The van der Waals surface area contributed by atoms with Gasteiger partial charge < -0.3 is 4.74 Å². The summed E-state index contributed by atoms with van der Waals surface area (Å²) in [5.74, 6) is -0.318. The summed E-state index contributed by atoms with van der Waals surface area (Å²) in [6.45, 7) is 0.616. The van der Waals surface area contributed by atoms with E-state index >= 15 is 0 Å². The molecule has 1 atom stereocenters. The van der Waals surface area contributed by atoms with Gasteiger partial charge in [0, 0.05) is 20.8 Å². The highest BCUT2D eigenvalue weighted by Gasteiger charge is 2.24. The van der Waals surface area contributed by atoms with Gasteiger partial charge in [-0.05, 0) is 33.4 Å². The Morgan fingerprint density at radius 2 is 2.42 bits per heavy atom. The molecule has 7 heteroatoms. The number of hydrogen-bond acceptors (Lipinski definition) is 5. The third-order valence-corrected chi connectivity index (χ3v) is 5.86. The minimum atomic E-state index is -0.499. The molecule has 19 heavy (non-hydrogen) atoms. The molecule has 0 saturated heterocycles. The molecule has 0 aromatic carbocycles. The van der Waals surface area contributed by atoms with E-state index in [4.69, 9.17) is 16.3 Å². The molecule has 0 spiro atoms. The predicted molar refractivity (Wildman–Crippen MR) is 82.9 cm³/mol. The van der Waals surface area contributed by atoms with Crippen LogP contribution >= 0.6 is 50.2 Å². The van der Waals surface area contributed by atoms with Crippen LogP contribution in [-0.4, -0.2) is 13.1 Å². The molecule has 0 aliphatic heterocycles. The van der Waals surface area contributed by atoms with Crippen LogP contribution < -0.4 is 5.32 Å². The number of rotatable bonds is 5. The van der Waals surface area contributed by atoms with Crippen LogP contribution in [-0.2, 0) is 16.1 Å². The van der Waals surface area contributed by atoms with Gasteiger partial charge in [-0.15, -0.1) is 22.7 Å². The second-order valence-corrected chi connectivity index (χ2v) is 7.26. The second-order valence-electron chi connectivity index (χ2n) is 3.69. The Labute approximate surface area is 132 Å². The Bertz CT molecular complexity index is 537. The monoisotopic (exact) mass is 379 g/mol. The van der Waals surface area contributed by atoms with E-state index in [1.54, 1.807) is 11.3 Å². The van der Waals surface area contributed by atoms with Gasteiger partial charge in [-0.1, -0.05) is 17.7 Å². The van der Waals surface area contributed by atoms with Crippen molar-refractivity contribution < 1.29 is 9.53 Å². The van der Waals surface area contributed by atoms with Crippen molar-refractivity contribution in [2.75, 3.05) is 7.11 Å². The van der Waals surface area contributed by atoms with Crippen molar-refractivity contribution >= 4 is 56.2 Å². The fraction of sp³-hybridized carbons (Fsp3) is 0.250. The van der Waals surface area contributed by atoms with Gasteiger partial charge in [-0.2, -0.15) is 0 Å². The summed E-state index contributed by atoms with van der Waals surface area (Å²) in [7, 11) is 1.38. The van der Waals surface area contributed by atoms with Crippen LogP contribution in [0.2, 0.25) is 4.34 Å². The smallest absolute Gasteiger partial charge is 0.328 e. The number of nitrogens with one attached hydrogen (secondary N) is 1. The summed E-state index contributed by atoms with van der Waals surface area (Å²) in [4.78, 5) is 13.9. The van der Waals surface area contributed by atoms with Crippen LogP contribution in [0.1, 0.15) is 15.8 Å². The highest BCUT2D eigenvalue weighted by atomic mass is 79.9. The number of carbonyl (C=O) groups excluding carboxylic acids is 1. The number of hydrogen-bond donors (Lipinski definition) is 1. The first-order chi connectivity index (χ1) is 9.11. The zero-order chi connectivity index (χ0) is 13.8.